The van der Waals surface area contributed by atoms with Crippen LogP contribution in [0.25, 0.3) is 6.08 Å². The Morgan fingerprint density at radius 2 is 1.68 bits per heavy atom. The molecule has 0 spiro atoms. The number of benzene rings is 2. The number of carbonyl (C=O) groups is 1. The topological polar surface area (TPSA) is 69.3 Å². The molecule has 0 bridgehead atoms. The second kappa shape index (κ2) is 15.0. The van der Waals surface area contributed by atoms with Gasteiger partial charge in [-0.15, -0.1) is 0 Å². The van der Waals surface area contributed by atoms with E-state index in [1.807, 2.05) is 36.9 Å². The lowest BCUT2D eigenvalue weighted by Crippen LogP contribution is -2.35. The van der Waals surface area contributed by atoms with Gasteiger partial charge in [-0.05, 0) is 44.5 Å². The van der Waals surface area contributed by atoms with Crippen molar-refractivity contribution in [2.75, 3.05) is 60.7 Å². The Morgan fingerprint density at radius 3 is 2.26 bits per heavy atom. The van der Waals surface area contributed by atoms with Crippen LogP contribution >= 0.6 is 0 Å². The minimum atomic E-state index is -0.0885. The largest absolute Gasteiger partial charge is 0.493 e. The van der Waals surface area contributed by atoms with Crippen molar-refractivity contribution in [2.24, 2.45) is 0 Å². The van der Waals surface area contributed by atoms with Crippen LogP contribution in [0.15, 0.2) is 48.0 Å². The van der Waals surface area contributed by atoms with Gasteiger partial charge in [0.1, 0.15) is 0 Å². The van der Waals surface area contributed by atoms with E-state index in [0.717, 1.165) is 30.6 Å². The molecule has 0 unspecified atom stereocenters. The molecule has 1 amide bonds. The minimum absolute atomic E-state index is 0.0885. The molecule has 0 aromatic heterocycles. The summed E-state index contributed by atoms with van der Waals surface area (Å²) in [7, 11) is 4.64. The summed E-state index contributed by atoms with van der Waals surface area (Å²) in [6, 6.07) is 13.5. The lowest BCUT2D eigenvalue weighted by Gasteiger charge is -2.24. The summed E-state index contributed by atoms with van der Waals surface area (Å²) in [5, 5.41) is 3.36. The van der Waals surface area contributed by atoms with E-state index < -0.39 is 0 Å². The van der Waals surface area contributed by atoms with Crippen LogP contribution in [-0.2, 0) is 4.74 Å². The van der Waals surface area contributed by atoms with Gasteiger partial charge in [0.25, 0.3) is 5.91 Å². The van der Waals surface area contributed by atoms with Crippen LogP contribution in [0.5, 0.6) is 17.2 Å². The molecule has 7 heteroatoms. The standard InChI is InChI=1S/C27H38N2O5/c1-6-34-16-14-28-13-10-15-29(20-21(2)17-22-11-8-7-9-12-22)27(30)23-18-24(31-3)26(33-5)25(19-23)32-4/h7-9,11-12,17-19,28H,6,10,13-16,20H2,1-5H3/b21-17+. The highest BCUT2D eigenvalue weighted by Gasteiger charge is 2.21. The third-order valence-electron chi connectivity index (χ3n) is 5.26. The van der Waals surface area contributed by atoms with Crippen LogP contribution in [0.4, 0.5) is 0 Å². The van der Waals surface area contributed by atoms with E-state index in [1.165, 1.54) is 0 Å². The molecule has 0 fully saturated rings. The summed E-state index contributed by atoms with van der Waals surface area (Å²) in [5.41, 5.74) is 2.69. The highest BCUT2D eigenvalue weighted by Crippen LogP contribution is 2.38. The molecule has 2 rings (SSSR count). The predicted molar refractivity (Wildman–Crippen MR) is 136 cm³/mol. The highest BCUT2D eigenvalue weighted by molar-refractivity contribution is 5.96. The monoisotopic (exact) mass is 470 g/mol. The zero-order valence-corrected chi connectivity index (χ0v) is 21.1. The Hall–Kier alpha value is -3.03. The Balaban J connectivity index is 2.20. The molecule has 7 nitrogen and oxygen atoms in total. The lowest BCUT2D eigenvalue weighted by atomic mass is 10.1. The first-order valence-electron chi connectivity index (χ1n) is 11.6. The molecular formula is C27H38N2O5. The molecule has 0 heterocycles. The minimum Gasteiger partial charge on any atom is -0.493 e. The molecular weight excluding hydrogens is 432 g/mol. The van der Waals surface area contributed by atoms with Gasteiger partial charge in [0.05, 0.1) is 27.9 Å². The van der Waals surface area contributed by atoms with E-state index in [-0.39, 0.29) is 5.91 Å². The fourth-order valence-electron chi connectivity index (χ4n) is 3.63. The Labute approximate surface area is 203 Å². The van der Waals surface area contributed by atoms with Crippen molar-refractivity contribution in [1.29, 1.82) is 0 Å². The van der Waals surface area contributed by atoms with Crippen LogP contribution in [-0.4, -0.2) is 71.5 Å². The Bertz CT molecular complexity index is 889. The molecule has 2 aromatic carbocycles. The first-order valence-corrected chi connectivity index (χ1v) is 11.6. The van der Waals surface area contributed by atoms with Crippen molar-refractivity contribution in [1.82, 2.24) is 10.2 Å². The predicted octanol–water partition coefficient (Wildman–Crippen LogP) is 4.27. The average molecular weight is 471 g/mol. The Kier molecular flexibility index (Phi) is 12.0. The van der Waals surface area contributed by atoms with E-state index in [9.17, 15) is 4.79 Å². The average Bonchev–Trinajstić information content (AvgIpc) is 2.86. The molecule has 186 valence electrons. The summed E-state index contributed by atoms with van der Waals surface area (Å²) >= 11 is 0. The zero-order valence-electron chi connectivity index (χ0n) is 21.1. The maximum atomic E-state index is 13.6. The van der Waals surface area contributed by atoms with Crippen molar-refractivity contribution in [3.8, 4) is 17.2 Å². The number of amides is 1. The number of ether oxygens (including phenoxy) is 4. The smallest absolute Gasteiger partial charge is 0.254 e. The summed E-state index contributed by atoms with van der Waals surface area (Å²) in [5.74, 6) is 1.29. The summed E-state index contributed by atoms with van der Waals surface area (Å²) in [6.07, 6.45) is 2.93. The third-order valence-corrected chi connectivity index (χ3v) is 5.26. The zero-order chi connectivity index (χ0) is 24.8. The fraction of sp³-hybridized carbons (Fsp3) is 0.444. The third kappa shape index (κ3) is 8.39. The van der Waals surface area contributed by atoms with E-state index in [1.54, 1.807) is 33.5 Å². The quantitative estimate of drug-likeness (QED) is 0.392. The van der Waals surface area contributed by atoms with E-state index in [2.05, 4.69) is 23.5 Å². The normalized spacial score (nSPS) is 11.3. The van der Waals surface area contributed by atoms with Gasteiger partial charge in [0, 0.05) is 31.8 Å². The highest BCUT2D eigenvalue weighted by atomic mass is 16.5. The molecule has 0 aliphatic carbocycles. The number of nitrogens with zero attached hydrogens (tertiary/aromatic N) is 1. The molecule has 0 aliphatic rings. The SMILES string of the molecule is CCOCCNCCCN(C/C(C)=C/c1ccccc1)C(=O)c1cc(OC)c(OC)c(OC)c1. The summed E-state index contributed by atoms with van der Waals surface area (Å²) in [6.45, 7) is 8.14. The van der Waals surface area contributed by atoms with Gasteiger partial charge in [0.15, 0.2) is 11.5 Å². The van der Waals surface area contributed by atoms with Gasteiger partial charge in [-0.1, -0.05) is 42.0 Å². The van der Waals surface area contributed by atoms with Crippen molar-refractivity contribution in [2.45, 2.75) is 20.3 Å². The van der Waals surface area contributed by atoms with Gasteiger partial charge >= 0.3 is 0 Å². The molecule has 1 N–H and O–H groups in total. The van der Waals surface area contributed by atoms with Gasteiger partial charge in [-0.3, -0.25) is 4.79 Å². The first kappa shape index (κ1) is 27.2. The van der Waals surface area contributed by atoms with Crippen LogP contribution < -0.4 is 19.5 Å². The van der Waals surface area contributed by atoms with Gasteiger partial charge < -0.3 is 29.2 Å². The number of hydrogen-bond acceptors (Lipinski definition) is 6. The maximum absolute atomic E-state index is 13.6. The number of methoxy groups -OCH3 is 3. The molecule has 0 saturated heterocycles. The number of hydrogen-bond donors (Lipinski definition) is 1. The second-order valence-electron chi connectivity index (χ2n) is 7.84. The molecule has 34 heavy (non-hydrogen) atoms. The molecule has 0 saturated carbocycles. The molecule has 2 aromatic rings. The van der Waals surface area contributed by atoms with E-state index in [4.69, 9.17) is 18.9 Å². The van der Waals surface area contributed by atoms with Gasteiger partial charge in [0.2, 0.25) is 5.75 Å². The first-order chi connectivity index (χ1) is 16.5. The summed E-state index contributed by atoms with van der Waals surface area (Å²) < 4.78 is 21.7. The van der Waals surface area contributed by atoms with Crippen molar-refractivity contribution in [3.63, 3.8) is 0 Å². The van der Waals surface area contributed by atoms with Crippen molar-refractivity contribution in [3.05, 3.63) is 59.2 Å². The van der Waals surface area contributed by atoms with Crippen molar-refractivity contribution < 1.29 is 23.7 Å². The second-order valence-corrected chi connectivity index (χ2v) is 7.84. The molecule has 0 aliphatic heterocycles. The number of rotatable bonds is 15. The summed E-state index contributed by atoms with van der Waals surface area (Å²) in [4.78, 5) is 15.4. The van der Waals surface area contributed by atoms with Crippen LogP contribution in [0.3, 0.4) is 0 Å². The maximum Gasteiger partial charge on any atom is 0.254 e. The lowest BCUT2D eigenvalue weighted by molar-refractivity contribution is 0.0767. The van der Waals surface area contributed by atoms with Crippen LogP contribution in [0, 0.1) is 0 Å². The van der Waals surface area contributed by atoms with Gasteiger partial charge in [-0.25, -0.2) is 0 Å². The fourth-order valence-corrected chi connectivity index (χ4v) is 3.63. The van der Waals surface area contributed by atoms with Crippen LogP contribution in [0.2, 0.25) is 0 Å². The number of nitrogens with one attached hydrogen (secondary N) is 1. The molecule has 0 atom stereocenters. The van der Waals surface area contributed by atoms with E-state index in [0.29, 0.717) is 49.1 Å². The Morgan fingerprint density at radius 1 is 1.00 bits per heavy atom. The molecule has 0 radical (unpaired) electrons. The van der Waals surface area contributed by atoms with E-state index >= 15 is 0 Å². The number of carbonyl (C=O) groups excluding carboxylic acids is 1. The van der Waals surface area contributed by atoms with Gasteiger partial charge in [-0.2, -0.15) is 0 Å². The van der Waals surface area contributed by atoms with Crippen LogP contribution in [0.1, 0.15) is 36.2 Å². The van der Waals surface area contributed by atoms with Crippen molar-refractivity contribution >= 4 is 12.0 Å².